The number of hydrogen-bond donors (Lipinski definition) is 1. The second kappa shape index (κ2) is 5.14. The lowest BCUT2D eigenvalue weighted by atomic mass is 9.87. The molecule has 0 aromatic rings. The predicted octanol–water partition coefficient (Wildman–Crippen LogP) is 0.938. The summed E-state index contributed by atoms with van der Waals surface area (Å²) in [6.45, 7) is 1.66. The summed E-state index contributed by atoms with van der Waals surface area (Å²) in [7, 11) is 1.98. The van der Waals surface area contributed by atoms with E-state index in [-0.39, 0.29) is 6.10 Å². The number of carbonyl (C=O) groups excluding carboxylic acids is 1. The third-order valence-electron chi connectivity index (χ3n) is 2.53. The van der Waals surface area contributed by atoms with Crippen LogP contribution in [0.3, 0.4) is 0 Å². The molecule has 0 aliphatic heterocycles. The molecular formula is C9H17NO2. The van der Waals surface area contributed by atoms with Crippen LogP contribution in [0.25, 0.3) is 0 Å². The monoisotopic (exact) mass is 171 g/mol. The van der Waals surface area contributed by atoms with E-state index in [4.69, 9.17) is 4.74 Å². The normalized spacial score (nSPS) is 29.8. The zero-order valence-electron chi connectivity index (χ0n) is 7.58. The van der Waals surface area contributed by atoms with Crippen molar-refractivity contribution in [2.45, 2.75) is 31.8 Å². The molecule has 0 heterocycles. The van der Waals surface area contributed by atoms with E-state index in [0.717, 1.165) is 25.3 Å². The van der Waals surface area contributed by atoms with E-state index in [1.165, 1.54) is 12.8 Å². The highest BCUT2D eigenvalue weighted by atomic mass is 16.5. The Labute approximate surface area is 73.5 Å². The van der Waals surface area contributed by atoms with Gasteiger partial charge in [-0.25, -0.2) is 0 Å². The summed E-state index contributed by atoms with van der Waals surface area (Å²) in [6.07, 6.45) is 4.62. The molecule has 0 spiro atoms. The molecule has 1 saturated carbocycles. The van der Waals surface area contributed by atoms with Gasteiger partial charge in [0.25, 0.3) is 6.47 Å². The standard InChI is InChI=1S/C9H17NO2/c1-10-6-8-2-4-9(5-3-8)12-7-11/h7-10H,2-6H2,1H3. The van der Waals surface area contributed by atoms with Crippen LogP contribution in [0.5, 0.6) is 0 Å². The quantitative estimate of drug-likeness (QED) is 0.640. The van der Waals surface area contributed by atoms with E-state index in [2.05, 4.69) is 5.32 Å². The Bertz CT molecular complexity index is 130. The predicted molar refractivity (Wildman–Crippen MR) is 46.8 cm³/mol. The maximum atomic E-state index is 10.0. The van der Waals surface area contributed by atoms with Crippen molar-refractivity contribution < 1.29 is 9.53 Å². The van der Waals surface area contributed by atoms with Crippen molar-refractivity contribution in [3.8, 4) is 0 Å². The molecule has 1 fully saturated rings. The second-order valence-corrected chi connectivity index (χ2v) is 3.43. The van der Waals surface area contributed by atoms with Crippen LogP contribution in [0.15, 0.2) is 0 Å². The van der Waals surface area contributed by atoms with Crippen LogP contribution in [0.2, 0.25) is 0 Å². The maximum Gasteiger partial charge on any atom is 0.293 e. The molecule has 1 rings (SSSR count). The fourth-order valence-corrected chi connectivity index (χ4v) is 1.84. The molecule has 1 aliphatic rings. The summed E-state index contributed by atoms with van der Waals surface area (Å²) in [5.41, 5.74) is 0. The number of carbonyl (C=O) groups is 1. The maximum absolute atomic E-state index is 10.0. The SMILES string of the molecule is CNCC1CCC(OC=O)CC1. The average molecular weight is 171 g/mol. The molecule has 0 unspecified atom stereocenters. The van der Waals surface area contributed by atoms with E-state index in [1.807, 2.05) is 7.05 Å². The lowest BCUT2D eigenvalue weighted by molar-refractivity contribution is -0.135. The van der Waals surface area contributed by atoms with Crippen LogP contribution < -0.4 is 5.32 Å². The first-order valence-electron chi connectivity index (χ1n) is 4.60. The van der Waals surface area contributed by atoms with Gasteiger partial charge in [0, 0.05) is 0 Å². The smallest absolute Gasteiger partial charge is 0.293 e. The van der Waals surface area contributed by atoms with Gasteiger partial charge in [-0.2, -0.15) is 0 Å². The average Bonchev–Trinajstić information content (AvgIpc) is 2.09. The number of ether oxygens (including phenoxy) is 1. The molecule has 0 radical (unpaired) electrons. The molecule has 0 amide bonds. The summed E-state index contributed by atoms with van der Waals surface area (Å²) in [5.74, 6) is 0.779. The van der Waals surface area contributed by atoms with Gasteiger partial charge in [-0.15, -0.1) is 0 Å². The topological polar surface area (TPSA) is 38.3 Å². The summed E-state index contributed by atoms with van der Waals surface area (Å²) < 4.78 is 4.91. The fraction of sp³-hybridized carbons (Fsp3) is 0.889. The van der Waals surface area contributed by atoms with E-state index in [9.17, 15) is 4.79 Å². The van der Waals surface area contributed by atoms with Gasteiger partial charge in [-0.05, 0) is 45.2 Å². The first kappa shape index (κ1) is 9.52. The van der Waals surface area contributed by atoms with Crippen molar-refractivity contribution in [1.82, 2.24) is 5.32 Å². The van der Waals surface area contributed by atoms with Gasteiger partial charge in [0.1, 0.15) is 6.10 Å². The lowest BCUT2D eigenvalue weighted by Crippen LogP contribution is -2.27. The summed E-state index contributed by atoms with van der Waals surface area (Å²) >= 11 is 0. The third kappa shape index (κ3) is 2.81. The van der Waals surface area contributed by atoms with E-state index in [0.29, 0.717) is 6.47 Å². The molecule has 3 nitrogen and oxygen atoms in total. The van der Waals surface area contributed by atoms with Crippen molar-refractivity contribution in [3.05, 3.63) is 0 Å². The van der Waals surface area contributed by atoms with Crippen molar-refractivity contribution in [1.29, 1.82) is 0 Å². The number of nitrogens with one attached hydrogen (secondary N) is 1. The second-order valence-electron chi connectivity index (χ2n) is 3.43. The fourth-order valence-electron chi connectivity index (χ4n) is 1.84. The molecule has 0 bridgehead atoms. The van der Waals surface area contributed by atoms with Crippen molar-refractivity contribution in [2.24, 2.45) is 5.92 Å². The molecule has 1 N–H and O–H groups in total. The zero-order chi connectivity index (χ0) is 8.81. The van der Waals surface area contributed by atoms with E-state index >= 15 is 0 Å². The van der Waals surface area contributed by atoms with Gasteiger partial charge in [0.15, 0.2) is 0 Å². The Hall–Kier alpha value is -0.570. The molecule has 3 heteroatoms. The summed E-state index contributed by atoms with van der Waals surface area (Å²) in [4.78, 5) is 10.0. The minimum Gasteiger partial charge on any atom is -0.465 e. The van der Waals surface area contributed by atoms with Crippen molar-refractivity contribution >= 4 is 6.47 Å². The van der Waals surface area contributed by atoms with Crippen LogP contribution in [0, 0.1) is 5.92 Å². The molecule has 1 aliphatic carbocycles. The van der Waals surface area contributed by atoms with Gasteiger partial charge in [0.05, 0.1) is 0 Å². The van der Waals surface area contributed by atoms with E-state index < -0.39 is 0 Å². The molecule has 0 aromatic carbocycles. The third-order valence-corrected chi connectivity index (χ3v) is 2.53. The highest BCUT2D eigenvalue weighted by molar-refractivity contribution is 5.37. The highest BCUT2D eigenvalue weighted by Gasteiger charge is 2.20. The molecule has 0 atom stereocenters. The minimum atomic E-state index is 0.190. The zero-order valence-corrected chi connectivity index (χ0v) is 7.58. The molecule has 0 saturated heterocycles. The number of rotatable bonds is 4. The van der Waals surface area contributed by atoms with Crippen LogP contribution in [0.4, 0.5) is 0 Å². The molecular weight excluding hydrogens is 154 g/mol. The molecule has 0 aromatic heterocycles. The Kier molecular flexibility index (Phi) is 4.08. The molecule has 70 valence electrons. The van der Waals surface area contributed by atoms with Crippen LogP contribution in [0.1, 0.15) is 25.7 Å². The minimum absolute atomic E-state index is 0.190. The van der Waals surface area contributed by atoms with Crippen LogP contribution >= 0.6 is 0 Å². The summed E-state index contributed by atoms with van der Waals surface area (Å²) in [5, 5.41) is 3.17. The Morgan fingerprint density at radius 1 is 1.42 bits per heavy atom. The van der Waals surface area contributed by atoms with Gasteiger partial charge >= 0.3 is 0 Å². The Morgan fingerprint density at radius 2 is 2.08 bits per heavy atom. The van der Waals surface area contributed by atoms with Crippen molar-refractivity contribution in [3.63, 3.8) is 0 Å². The van der Waals surface area contributed by atoms with Gasteiger partial charge < -0.3 is 10.1 Å². The molecule has 12 heavy (non-hydrogen) atoms. The van der Waals surface area contributed by atoms with Crippen molar-refractivity contribution in [2.75, 3.05) is 13.6 Å². The first-order valence-corrected chi connectivity index (χ1v) is 4.60. The largest absolute Gasteiger partial charge is 0.465 e. The Morgan fingerprint density at radius 3 is 2.58 bits per heavy atom. The van der Waals surface area contributed by atoms with E-state index in [1.54, 1.807) is 0 Å². The highest BCUT2D eigenvalue weighted by Crippen LogP contribution is 2.25. The van der Waals surface area contributed by atoms with Crippen LogP contribution in [-0.4, -0.2) is 26.2 Å². The summed E-state index contributed by atoms with van der Waals surface area (Å²) in [6, 6.07) is 0. The van der Waals surface area contributed by atoms with Gasteiger partial charge in [0.2, 0.25) is 0 Å². The van der Waals surface area contributed by atoms with Gasteiger partial charge in [-0.3, -0.25) is 4.79 Å². The first-order chi connectivity index (χ1) is 5.86. The lowest BCUT2D eigenvalue weighted by Gasteiger charge is -2.26. The van der Waals surface area contributed by atoms with Gasteiger partial charge in [-0.1, -0.05) is 0 Å². The van der Waals surface area contributed by atoms with Crippen LogP contribution in [-0.2, 0) is 9.53 Å². The number of hydrogen-bond acceptors (Lipinski definition) is 3. The Balaban J connectivity index is 2.15.